The first-order chi connectivity index (χ1) is 10.1. The maximum atomic E-state index is 12.1. The highest BCUT2D eigenvalue weighted by molar-refractivity contribution is 9.10. The molecule has 106 valence electrons. The van der Waals surface area contributed by atoms with Crippen molar-refractivity contribution in [3.05, 3.63) is 46.3 Å². The molecule has 0 aliphatic carbocycles. The smallest absolute Gasteiger partial charge is 0.275 e. The molecule has 0 fully saturated rings. The van der Waals surface area contributed by atoms with Crippen LogP contribution in [-0.4, -0.2) is 22.4 Å². The van der Waals surface area contributed by atoms with E-state index in [4.69, 9.17) is 5.26 Å². The second-order valence-corrected chi connectivity index (χ2v) is 4.93. The average Bonchev–Trinajstić information content (AvgIpc) is 2.50. The number of rotatable bonds is 4. The predicted octanol–water partition coefficient (Wildman–Crippen LogP) is 2.79. The van der Waals surface area contributed by atoms with Crippen molar-refractivity contribution in [2.75, 3.05) is 17.2 Å². The minimum absolute atomic E-state index is 0.216. The normalized spacial score (nSPS) is 9.76. The van der Waals surface area contributed by atoms with Crippen LogP contribution in [0.25, 0.3) is 0 Å². The lowest BCUT2D eigenvalue weighted by atomic mass is 10.2. The number of anilines is 2. The van der Waals surface area contributed by atoms with Crippen LogP contribution in [0.5, 0.6) is 0 Å². The van der Waals surface area contributed by atoms with Crippen molar-refractivity contribution < 1.29 is 4.79 Å². The zero-order valence-electron chi connectivity index (χ0n) is 11.2. The number of carbonyl (C=O) groups excluding carboxylic acids is 1. The molecule has 6 nitrogen and oxygen atoms in total. The quantitative estimate of drug-likeness (QED) is 0.888. The molecule has 0 aliphatic rings. The van der Waals surface area contributed by atoms with E-state index >= 15 is 0 Å². The number of nitriles is 1. The molecule has 0 atom stereocenters. The van der Waals surface area contributed by atoms with Crippen LogP contribution in [0.3, 0.4) is 0 Å². The molecule has 0 radical (unpaired) electrons. The molecule has 1 heterocycles. The van der Waals surface area contributed by atoms with Gasteiger partial charge in [-0.25, -0.2) is 9.97 Å². The topological polar surface area (TPSA) is 90.7 Å². The van der Waals surface area contributed by atoms with Gasteiger partial charge in [-0.05, 0) is 41.1 Å². The maximum Gasteiger partial charge on any atom is 0.275 e. The summed E-state index contributed by atoms with van der Waals surface area (Å²) in [5.41, 5.74) is 1.29. The maximum absolute atomic E-state index is 12.1. The summed E-state index contributed by atoms with van der Waals surface area (Å²) >= 11 is 3.31. The molecule has 0 saturated carbocycles. The summed E-state index contributed by atoms with van der Waals surface area (Å²) < 4.78 is 0.632. The fourth-order valence-corrected chi connectivity index (χ4v) is 2.07. The monoisotopic (exact) mass is 345 g/mol. The first-order valence-electron chi connectivity index (χ1n) is 6.21. The van der Waals surface area contributed by atoms with Gasteiger partial charge in [0.05, 0.1) is 29.7 Å². The van der Waals surface area contributed by atoms with Gasteiger partial charge >= 0.3 is 0 Å². The molecular formula is C14H12BrN5O. The fraction of sp³-hybridized carbons (Fsp3) is 0.143. The van der Waals surface area contributed by atoms with Gasteiger partial charge in [0, 0.05) is 11.0 Å². The Morgan fingerprint density at radius 1 is 1.38 bits per heavy atom. The number of aromatic nitrogens is 2. The van der Waals surface area contributed by atoms with E-state index in [0.29, 0.717) is 21.5 Å². The summed E-state index contributed by atoms with van der Waals surface area (Å²) in [4.78, 5) is 20.2. The largest absolute Gasteiger partial charge is 0.369 e. The molecule has 2 aromatic rings. The Morgan fingerprint density at radius 2 is 2.19 bits per heavy atom. The summed E-state index contributed by atoms with van der Waals surface area (Å²) in [5, 5.41) is 14.5. The second kappa shape index (κ2) is 6.81. The molecule has 2 rings (SSSR count). The van der Waals surface area contributed by atoms with E-state index in [-0.39, 0.29) is 11.6 Å². The fourth-order valence-electron chi connectivity index (χ4n) is 1.59. The number of halogens is 1. The van der Waals surface area contributed by atoms with Gasteiger partial charge < -0.3 is 10.6 Å². The zero-order valence-corrected chi connectivity index (χ0v) is 12.8. The minimum Gasteiger partial charge on any atom is -0.369 e. The van der Waals surface area contributed by atoms with Crippen LogP contribution in [0.1, 0.15) is 23.0 Å². The molecule has 0 unspecified atom stereocenters. The van der Waals surface area contributed by atoms with Gasteiger partial charge in [-0.15, -0.1) is 0 Å². The standard InChI is InChI=1S/C14H12BrN5O/c1-2-17-13-8-18-12(7-19-13)14(21)20-11-4-3-9(6-16)5-10(11)15/h3-5,7-8H,2H2,1H3,(H,17,19)(H,20,21). The van der Waals surface area contributed by atoms with Crippen LogP contribution < -0.4 is 10.6 Å². The highest BCUT2D eigenvalue weighted by Gasteiger charge is 2.10. The predicted molar refractivity (Wildman–Crippen MR) is 83.0 cm³/mol. The molecule has 2 N–H and O–H groups in total. The lowest BCUT2D eigenvalue weighted by Gasteiger charge is -2.07. The number of hydrogen-bond acceptors (Lipinski definition) is 5. The van der Waals surface area contributed by atoms with Crippen LogP contribution in [-0.2, 0) is 0 Å². The Kier molecular flexibility index (Phi) is 4.85. The lowest BCUT2D eigenvalue weighted by molar-refractivity contribution is 0.102. The van der Waals surface area contributed by atoms with Crippen molar-refractivity contribution in [3.63, 3.8) is 0 Å². The highest BCUT2D eigenvalue weighted by atomic mass is 79.9. The van der Waals surface area contributed by atoms with Gasteiger partial charge in [0.25, 0.3) is 5.91 Å². The number of nitrogens with zero attached hydrogens (tertiary/aromatic N) is 3. The van der Waals surface area contributed by atoms with Crippen LogP contribution >= 0.6 is 15.9 Å². The van der Waals surface area contributed by atoms with Gasteiger partial charge in [-0.2, -0.15) is 5.26 Å². The Hall–Kier alpha value is -2.46. The van der Waals surface area contributed by atoms with E-state index in [2.05, 4.69) is 36.5 Å². The van der Waals surface area contributed by atoms with Crippen molar-refractivity contribution >= 4 is 33.3 Å². The number of nitrogens with one attached hydrogen (secondary N) is 2. The third-order valence-electron chi connectivity index (χ3n) is 2.59. The molecule has 1 amide bonds. The van der Waals surface area contributed by atoms with E-state index in [1.807, 2.05) is 13.0 Å². The van der Waals surface area contributed by atoms with Crippen LogP contribution in [0.2, 0.25) is 0 Å². The Balaban J connectivity index is 2.12. The van der Waals surface area contributed by atoms with E-state index < -0.39 is 0 Å². The van der Waals surface area contributed by atoms with Crippen molar-refractivity contribution in [1.82, 2.24) is 9.97 Å². The Morgan fingerprint density at radius 3 is 2.76 bits per heavy atom. The van der Waals surface area contributed by atoms with Crippen molar-refractivity contribution in [3.8, 4) is 6.07 Å². The minimum atomic E-state index is -0.365. The molecule has 0 bridgehead atoms. The molecule has 0 aliphatic heterocycles. The Labute approximate surface area is 130 Å². The summed E-state index contributed by atoms with van der Waals surface area (Å²) in [5.74, 6) is 0.254. The second-order valence-electron chi connectivity index (χ2n) is 4.08. The lowest BCUT2D eigenvalue weighted by Crippen LogP contribution is -2.15. The summed E-state index contributed by atoms with van der Waals surface area (Å²) in [6.45, 7) is 2.68. The molecule has 0 spiro atoms. The van der Waals surface area contributed by atoms with Crippen molar-refractivity contribution in [2.24, 2.45) is 0 Å². The van der Waals surface area contributed by atoms with E-state index in [9.17, 15) is 4.79 Å². The zero-order chi connectivity index (χ0) is 15.2. The first-order valence-corrected chi connectivity index (χ1v) is 7.00. The highest BCUT2D eigenvalue weighted by Crippen LogP contribution is 2.23. The molecular weight excluding hydrogens is 334 g/mol. The number of amides is 1. The summed E-state index contributed by atoms with van der Waals surface area (Å²) in [7, 11) is 0. The molecule has 1 aromatic heterocycles. The van der Waals surface area contributed by atoms with Crippen molar-refractivity contribution in [1.29, 1.82) is 5.26 Å². The number of benzene rings is 1. The Bertz CT molecular complexity index is 694. The first kappa shape index (κ1) is 14.9. The van der Waals surface area contributed by atoms with Crippen LogP contribution in [0, 0.1) is 11.3 Å². The van der Waals surface area contributed by atoms with Crippen LogP contribution in [0.4, 0.5) is 11.5 Å². The average molecular weight is 346 g/mol. The molecule has 21 heavy (non-hydrogen) atoms. The van der Waals surface area contributed by atoms with E-state index in [1.165, 1.54) is 12.4 Å². The van der Waals surface area contributed by atoms with Gasteiger partial charge in [0.1, 0.15) is 11.5 Å². The number of hydrogen-bond donors (Lipinski definition) is 2. The van der Waals surface area contributed by atoms with Crippen molar-refractivity contribution in [2.45, 2.75) is 6.92 Å². The van der Waals surface area contributed by atoms with Gasteiger partial charge in [0.2, 0.25) is 0 Å². The third kappa shape index (κ3) is 3.77. The van der Waals surface area contributed by atoms with E-state index in [1.54, 1.807) is 18.2 Å². The summed E-state index contributed by atoms with van der Waals surface area (Å²) in [6.07, 6.45) is 2.91. The van der Waals surface area contributed by atoms with E-state index in [0.717, 1.165) is 6.54 Å². The van der Waals surface area contributed by atoms with Gasteiger partial charge in [0.15, 0.2) is 0 Å². The van der Waals surface area contributed by atoms with Gasteiger partial charge in [-0.1, -0.05) is 0 Å². The SMILES string of the molecule is CCNc1cnc(C(=O)Nc2ccc(C#N)cc2Br)cn1. The molecule has 1 aromatic carbocycles. The third-order valence-corrected chi connectivity index (χ3v) is 3.24. The summed E-state index contributed by atoms with van der Waals surface area (Å²) in [6, 6.07) is 6.94. The molecule has 7 heteroatoms. The van der Waals surface area contributed by atoms with Gasteiger partial charge in [-0.3, -0.25) is 4.79 Å². The number of carbonyl (C=O) groups is 1. The molecule has 0 saturated heterocycles. The van der Waals surface area contributed by atoms with Crippen LogP contribution in [0.15, 0.2) is 35.1 Å².